The molecule has 280 valence electrons. The first kappa shape index (κ1) is 35.0. The molecule has 11 rings (SSSR count). The van der Waals surface area contributed by atoms with E-state index < -0.39 is 5.41 Å². The maximum absolute atomic E-state index is 2.45. The first-order valence-electron chi connectivity index (χ1n) is 20.7. The molecule has 9 aromatic rings. The molecule has 1 heteroatoms. The molecule has 0 bridgehead atoms. The molecule has 0 amide bonds. The number of rotatable bonds is 7. The Labute approximate surface area is 347 Å². The van der Waals surface area contributed by atoms with E-state index in [-0.39, 0.29) is 5.41 Å². The van der Waals surface area contributed by atoms with Crippen LogP contribution in [-0.4, -0.2) is 0 Å². The van der Waals surface area contributed by atoms with Gasteiger partial charge >= 0.3 is 0 Å². The van der Waals surface area contributed by atoms with Crippen LogP contribution in [0.15, 0.2) is 224 Å². The van der Waals surface area contributed by atoms with Crippen LogP contribution in [0.4, 0.5) is 17.1 Å². The predicted octanol–water partition coefficient (Wildman–Crippen LogP) is 15.2. The highest BCUT2D eigenvalue weighted by molar-refractivity contribution is 5.93. The molecule has 9 aromatic carbocycles. The van der Waals surface area contributed by atoms with Crippen molar-refractivity contribution in [3.8, 4) is 44.5 Å². The van der Waals surface area contributed by atoms with Crippen molar-refractivity contribution in [2.24, 2.45) is 0 Å². The number of hydrogen-bond acceptors (Lipinski definition) is 1. The van der Waals surface area contributed by atoms with Gasteiger partial charge in [0.25, 0.3) is 0 Å². The fourth-order valence-corrected chi connectivity index (χ4v) is 10.2. The number of anilines is 3. The van der Waals surface area contributed by atoms with Crippen molar-refractivity contribution in [2.75, 3.05) is 4.90 Å². The molecule has 0 spiro atoms. The SMILES string of the molecule is CC1(C)c2ccccc2-c2ccc(-c3ccc(N(c4ccc5c(c4)-c4ccccc4C5(c4ccccc4)c4ccccc4)c4ccccc4-c4ccccc4)cc3)cc21. The topological polar surface area (TPSA) is 3.24 Å². The molecule has 0 N–H and O–H groups in total. The number of benzene rings is 9. The average molecular weight is 754 g/mol. The van der Waals surface area contributed by atoms with Crippen LogP contribution in [0, 0.1) is 0 Å². The first-order valence-corrected chi connectivity index (χ1v) is 20.7. The molecule has 0 atom stereocenters. The first-order chi connectivity index (χ1) is 29.0. The summed E-state index contributed by atoms with van der Waals surface area (Å²) in [6, 6.07) is 82.9. The summed E-state index contributed by atoms with van der Waals surface area (Å²) in [4.78, 5) is 2.45. The smallest absolute Gasteiger partial charge is 0.0713 e. The summed E-state index contributed by atoms with van der Waals surface area (Å²) < 4.78 is 0. The van der Waals surface area contributed by atoms with Gasteiger partial charge in [-0.1, -0.05) is 202 Å². The monoisotopic (exact) mass is 753 g/mol. The molecule has 0 saturated heterocycles. The van der Waals surface area contributed by atoms with Crippen LogP contribution in [0.3, 0.4) is 0 Å². The van der Waals surface area contributed by atoms with E-state index in [1.807, 2.05) is 0 Å². The van der Waals surface area contributed by atoms with Crippen LogP contribution in [0.2, 0.25) is 0 Å². The summed E-state index contributed by atoms with van der Waals surface area (Å²) in [5, 5.41) is 0. The number of fused-ring (bicyclic) bond motifs is 6. The maximum Gasteiger partial charge on any atom is 0.0713 e. The van der Waals surface area contributed by atoms with Crippen molar-refractivity contribution in [1.29, 1.82) is 0 Å². The Bertz CT molecular complexity index is 2960. The van der Waals surface area contributed by atoms with E-state index >= 15 is 0 Å². The molecule has 0 unspecified atom stereocenters. The number of nitrogens with zero attached hydrogens (tertiary/aromatic N) is 1. The minimum absolute atomic E-state index is 0.0510. The lowest BCUT2D eigenvalue weighted by molar-refractivity contribution is 0.660. The lowest BCUT2D eigenvalue weighted by Crippen LogP contribution is -2.28. The lowest BCUT2D eigenvalue weighted by Gasteiger charge is -2.34. The van der Waals surface area contributed by atoms with Gasteiger partial charge in [0, 0.05) is 22.4 Å². The molecule has 1 nitrogen and oxygen atoms in total. The van der Waals surface area contributed by atoms with Gasteiger partial charge in [-0.05, 0) is 109 Å². The Morgan fingerprint density at radius 1 is 0.305 bits per heavy atom. The second-order valence-electron chi connectivity index (χ2n) is 16.5. The van der Waals surface area contributed by atoms with Crippen molar-refractivity contribution < 1.29 is 0 Å². The summed E-state index contributed by atoms with van der Waals surface area (Å²) in [5.41, 5.74) is 20.8. The van der Waals surface area contributed by atoms with Crippen LogP contribution in [-0.2, 0) is 10.8 Å². The number of para-hydroxylation sites is 1. The summed E-state index contributed by atoms with van der Waals surface area (Å²) in [6.45, 7) is 4.71. The molecule has 0 aliphatic heterocycles. The van der Waals surface area contributed by atoms with Crippen molar-refractivity contribution in [1.82, 2.24) is 0 Å². The van der Waals surface area contributed by atoms with Crippen molar-refractivity contribution in [3.63, 3.8) is 0 Å². The highest BCUT2D eigenvalue weighted by Gasteiger charge is 2.46. The zero-order chi connectivity index (χ0) is 39.6. The second-order valence-corrected chi connectivity index (χ2v) is 16.5. The molecule has 2 aliphatic rings. The molecule has 0 fully saturated rings. The third kappa shape index (κ3) is 5.39. The highest BCUT2D eigenvalue weighted by Crippen LogP contribution is 2.57. The lowest BCUT2D eigenvalue weighted by atomic mass is 9.68. The van der Waals surface area contributed by atoms with Crippen LogP contribution < -0.4 is 4.90 Å². The van der Waals surface area contributed by atoms with Crippen LogP contribution >= 0.6 is 0 Å². The van der Waals surface area contributed by atoms with Crippen molar-refractivity contribution >= 4 is 17.1 Å². The van der Waals surface area contributed by atoms with Crippen LogP contribution in [0.1, 0.15) is 47.2 Å². The normalized spacial score (nSPS) is 13.9. The maximum atomic E-state index is 2.45. The zero-order valence-electron chi connectivity index (χ0n) is 33.3. The van der Waals surface area contributed by atoms with E-state index in [0.717, 1.165) is 17.1 Å². The summed E-state index contributed by atoms with van der Waals surface area (Å²) >= 11 is 0. The van der Waals surface area contributed by atoms with Gasteiger partial charge in [-0.15, -0.1) is 0 Å². The molecule has 2 aliphatic carbocycles. The van der Waals surface area contributed by atoms with Gasteiger partial charge < -0.3 is 4.90 Å². The average Bonchev–Trinajstić information content (AvgIpc) is 3.73. The fraction of sp³-hybridized carbons (Fsp3) is 0.0690. The third-order valence-corrected chi connectivity index (χ3v) is 13.0. The largest absolute Gasteiger partial charge is 0.310 e. The van der Waals surface area contributed by atoms with Crippen molar-refractivity contribution in [2.45, 2.75) is 24.7 Å². The molecular formula is C58H43N. The van der Waals surface area contributed by atoms with E-state index in [1.165, 1.54) is 77.9 Å². The van der Waals surface area contributed by atoms with Crippen LogP contribution in [0.25, 0.3) is 44.5 Å². The van der Waals surface area contributed by atoms with Gasteiger partial charge in [-0.2, -0.15) is 0 Å². The quantitative estimate of drug-likeness (QED) is 0.157. The van der Waals surface area contributed by atoms with Gasteiger partial charge in [0.05, 0.1) is 11.1 Å². The summed E-state index contributed by atoms with van der Waals surface area (Å²) in [7, 11) is 0. The Morgan fingerprint density at radius 3 is 1.47 bits per heavy atom. The third-order valence-electron chi connectivity index (χ3n) is 13.0. The second kappa shape index (κ2) is 13.7. The van der Waals surface area contributed by atoms with E-state index in [4.69, 9.17) is 0 Å². The molecule has 59 heavy (non-hydrogen) atoms. The molecule has 0 saturated carbocycles. The Morgan fingerprint density at radius 2 is 0.797 bits per heavy atom. The molecule has 0 aromatic heterocycles. The summed E-state index contributed by atoms with van der Waals surface area (Å²) in [5.74, 6) is 0. The number of hydrogen-bond donors (Lipinski definition) is 0. The van der Waals surface area contributed by atoms with E-state index in [0.29, 0.717) is 0 Å². The van der Waals surface area contributed by atoms with E-state index in [1.54, 1.807) is 0 Å². The standard InChI is InChI=1S/C58H43N/c1-57(2)52-27-15-12-25-48(52)50-36-32-42(38-55(50)57)40-30-33-45(34-31-40)59(56-29-17-14-24-47(56)41-18-6-3-7-19-41)46-35-37-54-51(39-46)49-26-13-16-28-53(49)58(54,43-20-8-4-9-21-43)44-22-10-5-11-23-44/h3-39H,1-2H3. The molecule has 0 radical (unpaired) electrons. The van der Waals surface area contributed by atoms with Gasteiger partial charge in [-0.25, -0.2) is 0 Å². The van der Waals surface area contributed by atoms with Gasteiger partial charge in [0.15, 0.2) is 0 Å². The van der Waals surface area contributed by atoms with E-state index in [2.05, 4.69) is 243 Å². The fourth-order valence-electron chi connectivity index (χ4n) is 10.2. The van der Waals surface area contributed by atoms with Crippen molar-refractivity contribution in [3.05, 3.63) is 258 Å². The predicted molar refractivity (Wildman–Crippen MR) is 247 cm³/mol. The van der Waals surface area contributed by atoms with Crippen LogP contribution in [0.5, 0.6) is 0 Å². The molecule has 0 heterocycles. The van der Waals surface area contributed by atoms with Gasteiger partial charge in [0.2, 0.25) is 0 Å². The van der Waals surface area contributed by atoms with Gasteiger partial charge in [-0.3, -0.25) is 0 Å². The zero-order valence-corrected chi connectivity index (χ0v) is 33.3. The minimum atomic E-state index is -0.451. The Kier molecular flexibility index (Phi) is 8.13. The Hall–Kier alpha value is -7.22. The van der Waals surface area contributed by atoms with E-state index in [9.17, 15) is 0 Å². The molecular weight excluding hydrogens is 711 g/mol. The minimum Gasteiger partial charge on any atom is -0.310 e. The van der Waals surface area contributed by atoms with Gasteiger partial charge in [0.1, 0.15) is 0 Å². The Balaban J connectivity index is 1.08. The highest BCUT2D eigenvalue weighted by atomic mass is 15.1. The summed E-state index contributed by atoms with van der Waals surface area (Å²) in [6.07, 6.45) is 0.